The normalized spacial score (nSPS) is 17.8. The summed E-state index contributed by atoms with van der Waals surface area (Å²) >= 11 is 0. The van der Waals surface area contributed by atoms with Crippen molar-refractivity contribution in [2.45, 2.75) is 32.1 Å². The predicted molar refractivity (Wildman–Crippen MR) is 56.5 cm³/mol. The summed E-state index contributed by atoms with van der Waals surface area (Å²) in [6.07, 6.45) is 6.81. The Kier molecular flexibility index (Phi) is 2.53. The molecule has 1 heteroatoms. The van der Waals surface area contributed by atoms with E-state index in [1.165, 1.54) is 37.7 Å². The first-order valence-electron chi connectivity index (χ1n) is 5.19. The van der Waals surface area contributed by atoms with Gasteiger partial charge in [0.15, 0.2) is 0 Å². The molecule has 0 atom stereocenters. The molecule has 70 valence electrons. The van der Waals surface area contributed by atoms with Gasteiger partial charge in [-0.3, -0.25) is 0 Å². The van der Waals surface area contributed by atoms with E-state index in [2.05, 4.69) is 12.1 Å². The van der Waals surface area contributed by atoms with Crippen molar-refractivity contribution in [3.63, 3.8) is 0 Å². The quantitative estimate of drug-likeness (QED) is 0.687. The highest BCUT2D eigenvalue weighted by atomic mass is 14.6. The van der Waals surface area contributed by atoms with E-state index >= 15 is 0 Å². The number of anilines is 1. The van der Waals surface area contributed by atoms with Crippen LogP contribution < -0.4 is 5.73 Å². The van der Waals surface area contributed by atoms with E-state index in [9.17, 15) is 0 Å². The maximum atomic E-state index is 5.90. The molecule has 1 aliphatic carbocycles. The molecular formula is C12H17N. The Bertz CT molecular complexity index is 274. The Balaban J connectivity index is 2.04. The van der Waals surface area contributed by atoms with Crippen LogP contribution in [-0.4, -0.2) is 0 Å². The molecule has 1 aromatic carbocycles. The van der Waals surface area contributed by atoms with Crippen molar-refractivity contribution < 1.29 is 0 Å². The van der Waals surface area contributed by atoms with Crippen molar-refractivity contribution in [3.05, 3.63) is 29.8 Å². The van der Waals surface area contributed by atoms with Gasteiger partial charge in [-0.15, -0.1) is 0 Å². The van der Waals surface area contributed by atoms with Crippen LogP contribution in [0, 0.1) is 5.92 Å². The topological polar surface area (TPSA) is 26.0 Å². The van der Waals surface area contributed by atoms with Crippen molar-refractivity contribution in [3.8, 4) is 0 Å². The maximum absolute atomic E-state index is 5.90. The molecule has 2 rings (SSSR count). The van der Waals surface area contributed by atoms with E-state index in [0.717, 1.165) is 11.6 Å². The second-order valence-corrected chi connectivity index (χ2v) is 4.05. The summed E-state index contributed by atoms with van der Waals surface area (Å²) in [6.45, 7) is 0. The van der Waals surface area contributed by atoms with Crippen molar-refractivity contribution >= 4 is 5.69 Å². The predicted octanol–water partition coefficient (Wildman–Crippen LogP) is 3.00. The van der Waals surface area contributed by atoms with Gasteiger partial charge in [-0.2, -0.15) is 0 Å². The van der Waals surface area contributed by atoms with E-state index in [0.29, 0.717) is 0 Å². The van der Waals surface area contributed by atoms with Gasteiger partial charge in [0.1, 0.15) is 0 Å². The van der Waals surface area contributed by atoms with Crippen molar-refractivity contribution in [2.24, 2.45) is 5.92 Å². The highest BCUT2D eigenvalue weighted by molar-refractivity contribution is 5.46. The van der Waals surface area contributed by atoms with Crippen LogP contribution in [0.5, 0.6) is 0 Å². The largest absolute Gasteiger partial charge is 0.399 e. The van der Waals surface area contributed by atoms with Gasteiger partial charge in [0.2, 0.25) is 0 Å². The molecule has 1 saturated carbocycles. The van der Waals surface area contributed by atoms with Crippen LogP contribution in [0.3, 0.4) is 0 Å². The van der Waals surface area contributed by atoms with Gasteiger partial charge >= 0.3 is 0 Å². The molecule has 13 heavy (non-hydrogen) atoms. The van der Waals surface area contributed by atoms with Gasteiger partial charge in [-0.25, -0.2) is 0 Å². The minimum Gasteiger partial charge on any atom is -0.399 e. The van der Waals surface area contributed by atoms with Crippen LogP contribution in [0.1, 0.15) is 31.2 Å². The summed E-state index contributed by atoms with van der Waals surface area (Å²) in [5.41, 5.74) is 8.21. The molecule has 1 fully saturated rings. The molecule has 2 N–H and O–H groups in total. The van der Waals surface area contributed by atoms with Crippen LogP contribution in [-0.2, 0) is 6.42 Å². The van der Waals surface area contributed by atoms with Gasteiger partial charge in [0.25, 0.3) is 0 Å². The van der Waals surface area contributed by atoms with Crippen molar-refractivity contribution in [1.82, 2.24) is 0 Å². The molecule has 1 nitrogen and oxygen atoms in total. The molecule has 0 aromatic heterocycles. The van der Waals surface area contributed by atoms with E-state index in [1.807, 2.05) is 12.1 Å². The molecule has 0 unspecified atom stereocenters. The Morgan fingerprint density at radius 3 is 2.54 bits per heavy atom. The molecule has 0 bridgehead atoms. The Morgan fingerprint density at radius 2 is 1.85 bits per heavy atom. The van der Waals surface area contributed by atoms with E-state index in [-0.39, 0.29) is 0 Å². The fraction of sp³-hybridized carbons (Fsp3) is 0.500. The summed E-state index contributed by atoms with van der Waals surface area (Å²) in [5, 5.41) is 0. The lowest BCUT2D eigenvalue weighted by Gasteiger charge is -2.10. The number of nitrogens with two attached hydrogens (primary N) is 1. The molecule has 0 heterocycles. The smallest absolute Gasteiger partial charge is 0.0346 e. The van der Waals surface area contributed by atoms with Gasteiger partial charge in [0.05, 0.1) is 0 Å². The van der Waals surface area contributed by atoms with Gasteiger partial charge in [0, 0.05) is 5.69 Å². The van der Waals surface area contributed by atoms with E-state index in [4.69, 9.17) is 5.73 Å². The zero-order valence-corrected chi connectivity index (χ0v) is 8.00. The second kappa shape index (κ2) is 3.82. The zero-order valence-electron chi connectivity index (χ0n) is 8.00. The third-order valence-corrected chi connectivity index (χ3v) is 3.04. The van der Waals surface area contributed by atoms with E-state index in [1.54, 1.807) is 0 Å². The van der Waals surface area contributed by atoms with Crippen molar-refractivity contribution in [2.75, 3.05) is 5.73 Å². The highest BCUT2D eigenvalue weighted by Crippen LogP contribution is 2.29. The number of para-hydroxylation sites is 1. The summed E-state index contributed by atoms with van der Waals surface area (Å²) in [7, 11) is 0. The average Bonchev–Trinajstić information content (AvgIpc) is 2.61. The molecule has 0 aliphatic heterocycles. The first-order chi connectivity index (χ1) is 6.36. The fourth-order valence-electron chi connectivity index (χ4n) is 2.25. The monoisotopic (exact) mass is 175 g/mol. The molecule has 1 aliphatic rings. The van der Waals surface area contributed by atoms with Crippen molar-refractivity contribution in [1.29, 1.82) is 0 Å². The Labute approximate surface area is 80.0 Å². The van der Waals surface area contributed by atoms with Gasteiger partial charge in [-0.1, -0.05) is 43.9 Å². The molecular weight excluding hydrogens is 158 g/mol. The SMILES string of the molecule is Nc1ccccc1CC1CCCC1. The van der Waals surface area contributed by atoms with Gasteiger partial charge in [-0.05, 0) is 24.0 Å². The van der Waals surface area contributed by atoms with Crippen LogP contribution >= 0.6 is 0 Å². The molecule has 0 saturated heterocycles. The maximum Gasteiger partial charge on any atom is 0.0346 e. The van der Waals surface area contributed by atoms with Crippen LogP contribution in [0.2, 0.25) is 0 Å². The van der Waals surface area contributed by atoms with Crippen LogP contribution in [0.25, 0.3) is 0 Å². The summed E-state index contributed by atoms with van der Waals surface area (Å²) in [5.74, 6) is 0.893. The standard InChI is InChI=1S/C12H17N/c13-12-8-4-3-7-11(12)9-10-5-1-2-6-10/h3-4,7-8,10H,1-2,5-6,9,13H2. The number of hydrogen-bond acceptors (Lipinski definition) is 1. The lowest BCUT2D eigenvalue weighted by Crippen LogP contribution is -2.01. The third kappa shape index (κ3) is 2.03. The summed E-state index contributed by atoms with van der Waals surface area (Å²) in [4.78, 5) is 0. The van der Waals surface area contributed by atoms with Crippen LogP contribution in [0.4, 0.5) is 5.69 Å². The fourth-order valence-corrected chi connectivity index (χ4v) is 2.25. The number of benzene rings is 1. The number of rotatable bonds is 2. The first kappa shape index (κ1) is 8.61. The molecule has 1 aromatic rings. The molecule has 0 radical (unpaired) electrons. The van der Waals surface area contributed by atoms with E-state index < -0.39 is 0 Å². The molecule has 0 spiro atoms. The van der Waals surface area contributed by atoms with Crippen LogP contribution in [0.15, 0.2) is 24.3 Å². The lowest BCUT2D eigenvalue weighted by molar-refractivity contribution is 0.547. The minimum atomic E-state index is 0.893. The Morgan fingerprint density at radius 1 is 1.15 bits per heavy atom. The summed E-state index contributed by atoms with van der Waals surface area (Å²) in [6, 6.07) is 8.26. The first-order valence-corrected chi connectivity index (χ1v) is 5.19. The lowest BCUT2D eigenvalue weighted by atomic mass is 9.97. The van der Waals surface area contributed by atoms with Gasteiger partial charge < -0.3 is 5.73 Å². The number of nitrogen functional groups attached to an aromatic ring is 1. The highest BCUT2D eigenvalue weighted by Gasteiger charge is 2.15. The summed E-state index contributed by atoms with van der Waals surface area (Å²) < 4.78 is 0. The number of hydrogen-bond donors (Lipinski definition) is 1. The average molecular weight is 175 g/mol. The third-order valence-electron chi connectivity index (χ3n) is 3.04. The second-order valence-electron chi connectivity index (χ2n) is 4.05. The molecule has 0 amide bonds. The minimum absolute atomic E-state index is 0.893. The Hall–Kier alpha value is -0.980. The zero-order chi connectivity index (χ0) is 9.10.